The molecule has 0 aliphatic carbocycles. The summed E-state index contributed by atoms with van der Waals surface area (Å²) in [6.45, 7) is 1.91. The third-order valence-corrected chi connectivity index (χ3v) is 3.81. The van der Waals surface area contributed by atoms with Crippen LogP contribution >= 0.6 is 23.2 Å². The van der Waals surface area contributed by atoms with Crippen LogP contribution in [-0.2, 0) is 6.54 Å². The summed E-state index contributed by atoms with van der Waals surface area (Å²) < 4.78 is 5.29. The van der Waals surface area contributed by atoms with Crippen molar-refractivity contribution in [2.24, 2.45) is 0 Å². The Morgan fingerprint density at radius 1 is 1.17 bits per heavy atom. The van der Waals surface area contributed by atoms with Crippen LogP contribution in [0.3, 0.4) is 0 Å². The lowest BCUT2D eigenvalue weighted by Gasteiger charge is -2.12. The molecule has 0 amide bonds. The summed E-state index contributed by atoms with van der Waals surface area (Å²) in [6.07, 6.45) is 0. The summed E-state index contributed by atoms with van der Waals surface area (Å²) >= 11 is 12.1. The monoisotopic (exact) mass is 369 g/mol. The van der Waals surface area contributed by atoms with Crippen molar-refractivity contribution in [1.82, 2.24) is 5.32 Å². The van der Waals surface area contributed by atoms with Crippen LogP contribution in [0.1, 0.15) is 5.56 Å². The van der Waals surface area contributed by atoms with E-state index in [4.69, 9.17) is 27.9 Å². The molecule has 128 valence electrons. The van der Waals surface area contributed by atoms with E-state index in [1.54, 1.807) is 25.3 Å². The van der Waals surface area contributed by atoms with Crippen LogP contribution in [0.2, 0.25) is 10.0 Å². The molecule has 2 aromatic rings. The summed E-state index contributed by atoms with van der Waals surface area (Å²) in [4.78, 5) is 10.2. The second-order valence-corrected chi connectivity index (χ2v) is 5.83. The fourth-order valence-electron chi connectivity index (χ4n) is 2.19. The van der Waals surface area contributed by atoms with Crippen molar-refractivity contribution in [2.45, 2.75) is 6.54 Å². The van der Waals surface area contributed by atoms with E-state index in [0.29, 0.717) is 35.4 Å². The van der Waals surface area contributed by atoms with E-state index in [-0.39, 0.29) is 5.69 Å². The van der Waals surface area contributed by atoms with Crippen LogP contribution in [0, 0.1) is 10.1 Å². The van der Waals surface area contributed by atoms with E-state index in [1.165, 1.54) is 12.1 Å². The van der Waals surface area contributed by atoms with Gasteiger partial charge in [0.05, 0.1) is 17.1 Å². The lowest BCUT2D eigenvalue weighted by Crippen LogP contribution is -2.22. The molecular weight excluding hydrogens is 353 g/mol. The first-order valence-electron chi connectivity index (χ1n) is 7.22. The van der Waals surface area contributed by atoms with Gasteiger partial charge in [-0.25, -0.2) is 0 Å². The van der Waals surface area contributed by atoms with Crippen molar-refractivity contribution in [3.05, 3.63) is 62.1 Å². The molecule has 2 aromatic carbocycles. The van der Waals surface area contributed by atoms with Gasteiger partial charge in [0, 0.05) is 48.0 Å². The smallest absolute Gasteiger partial charge is 0.269 e. The average Bonchev–Trinajstić information content (AvgIpc) is 2.54. The topological polar surface area (TPSA) is 76.4 Å². The molecule has 0 aliphatic rings. The predicted octanol–water partition coefficient (Wildman–Crippen LogP) is 4.11. The quantitative estimate of drug-likeness (QED) is 0.415. The number of nitro groups is 1. The van der Waals surface area contributed by atoms with E-state index in [2.05, 4.69) is 10.6 Å². The van der Waals surface area contributed by atoms with Gasteiger partial charge in [0.25, 0.3) is 5.69 Å². The number of benzene rings is 2. The molecule has 0 heterocycles. The first kappa shape index (κ1) is 18.3. The number of methoxy groups -OCH3 is 1. The van der Waals surface area contributed by atoms with E-state index in [0.717, 1.165) is 11.3 Å². The summed E-state index contributed by atoms with van der Waals surface area (Å²) in [5.74, 6) is 0.608. The Morgan fingerprint density at radius 3 is 2.50 bits per heavy atom. The van der Waals surface area contributed by atoms with Gasteiger partial charge >= 0.3 is 0 Å². The first-order valence-corrected chi connectivity index (χ1v) is 7.98. The fourth-order valence-corrected chi connectivity index (χ4v) is 2.81. The van der Waals surface area contributed by atoms with Gasteiger partial charge in [-0.05, 0) is 24.3 Å². The molecule has 24 heavy (non-hydrogen) atoms. The Labute approximate surface area is 149 Å². The SMILES string of the molecule is COc1c(Cl)cc(Cl)cc1CNCCNc1ccc([N+](=O)[O-])cc1. The first-order chi connectivity index (χ1) is 11.5. The lowest BCUT2D eigenvalue weighted by atomic mass is 10.2. The highest BCUT2D eigenvalue weighted by Gasteiger charge is 2.09. The van der Waals surface area contributed by atoms with Gasteiger partial charge in [-0.1, -0.05) is 23.2 Å². The molecule has 0 atom stereocenters. The zero-order valence-corrected chi connectivity index (χ0v) is 14.5. The van der Waals surface area contributed by atoms with Crippen LogP contribution < -0.4 is 15.4 Å². The van der Waals surface area contributed by atoms with Gasteiger partial charge in [0.1, 0.15) is 5.75 Å². The maximum atomic E-state index is 10.6. The van der Waals surface area contributed by atoms with Gasteiger partial charge < -0.3 is 15.4 Å². The van der Waals surface area contributed by atoms with Crippen LogP contribution in [0.25, 0.3) is 0 Å². The number of rotatable bonds is 8. The van der Waals surface area contributed by atoms with Gasteiger partial charge in [-0.3, -0.25) is 10.1 Å². The predicted molar refractivity (Wildman–Crippen MR) is 96.3 cm³/mol. The number of halogens is 2. The molecule has 0 bridgehead atoms. The van der Waals surface area contributed by atoms with Crippen molar-refractivity contribution < 1.29 is 9.66 Å². The maximum absolute atomic E-state index is 10.6. The zero-order valence-electron chi connectivity index (χ0n) is 13.0. The Kier molecular flexibility index (Phi) is 6.66. The highest BCUT2D eigenvalue weighted by Crippen LogP contribution is 2.32. The number of nitrogens with zero attached hydrogens (tertiary/aromatic N) is 1. The number of anilines is 1. The fraction of sp³-hybridized carbons (Fsp3) is 0.250. The molecule has 0 fully saturated rings. The summed E-state index contributed by atoms with van der Waals surface area (Å²) in [7, 11) is 1.56. The molecule has 0 aliphatic heterocycles. The Morgan fingerprint density at radius 2 is 1.88 bits per heavy atom. The molecule has 8 heteroatoms. The molecule has 0 radical (unpaired) electrons. The van der Waals surface area contributed by atoms with Gasteiger partial charge in [-0.15, -0.1) is 0 Å². The van der Waals surface area contributed by atoms with Crippen LogP contribution in [0.15, 0.2) is 36.4 Å². The molecule has 6 nitrogen and oxygen atoms in total. The summed E-state index contributed by atoms with van der Waals surface area (Å²) in [6, 6.07) is 9.74. The van der Waals surface area contributed by atoms with Crippen LogP contribution in [0.5, 0.6) is 5.75 Å². The van der Waals surface area contributed by atoms with E-state index < -0.39 is 4.92 Å². The number of non-ortho nitro benzene ring substituents is 1. The van der Waals surface area contributed by atoms with E-state index in [9.17, 15) is 10.1 Å². The number of hydrogen-bond donors (Lipinski definition) is 2. The largest absolute Gasteiger partial charge is 0.495 e. The number of nitrogens with one attached hydrogen (secondary N) is 2. The Bertz CT molecular complexity index is 708. The van der Waals surface area contributed by atoms with E-state index >= 15 is 0 Å². The second kappa shape index (κ2) is 8.73. The van der Waals surface area contributed by atoms with Crippen LogP contribution in [-0.4, -0.2) is 25.1 Å². The number of ether oxygens (including phenoxy) is 1. The average molecular weight is 370 g/mol. The van der Waals surface area contributed by atoms with Crippen molar-refractivity contribution in [3.63, 3.8) is 0 Å². The third kappa shape index (κ3) is 4.99. The highest BCUT2D eigenvalue weighted by molar-refractivity contribution is 6.35. The lowest BCUT2D eigenvalue weighted by molar-refractivity contribution is -0.384. The minimum absolute atomic E-state index is 0.0728. The normalized spacial score (nSPS) is 10.5. The minimum Gasteiger partial charge on any atom is -0.495 e. The van der Waals surface area contributed by atoms with Gasteiger partial charge in [0.15, 0.2) is 0 Å². The van der Waals surface area contributed by atoms with Crippen molar-refractivity contribution >= 4 is 34.6 Å². The van der Waals surface area contributed by atoms with Crippen molar-refractivity contribution in [2.75, 3.05) is 25.5 Å². The number of hydrogen-bond acceptors (Lipinski definition) is 5. The molecule has 0 saturated carbocycles. The van der Waals surface area contributed by atoms with Crippen LogP contribution in [0.4, 0.5) is 11.4 Å². The van der Waals surface area contributed by atoms with Crippen molar-refractivity contribution in [1.29, 1.82) is 0 Å². The van der Waals surface area contributed by atoms with E-state index in [1.807, 2.05) is 6.07 Å². The minimum atomic E-state index is -0.422. The molecular formula is C16H17Cl2N3O3. The third-order valence-electron chi connectivity index (χ3n) is 3.31. The molecule has 0 saturated heterocycles. The van der Waals surface area contributed by atoms with Gasteiger partial charge in [0.2, 0.25) is 0 Å². The molecule has 2 N–H and O–H groups in total. The highest BCUT2D eigenvalue weighted by atomic mass is 35.5. The summed E-state index contributed by atoms with van der Waals surface area (Å²) in [5, 5.41) is 18.1. The molecule has 0 unspecified atom stereocenters. The summed E-state index contributed by atoms with van der Waals surface area (Å²) in [5.41, 5.74) is 1.78. The Balaban J connectivity index is 1.80. The second-order valence-electron chi connectivity index (χ2n) is 4.99. The Hall–Kier alpha value is -2.02. The zero-order chi connectivity index (χ0) is 17.5. The van der Waals surface area contributed by atoms with Crippen molar-refractivity contribution in [3.8, 4) is 5.75 Å². The maximum Gasteiger partial charge on any atom is 0.269 e. The van der Waals surface area contributed by atoms with Gasteiger partial charge in [-0.2, -0.15) is 0 Å². The standard InChI is InChI=1S/C16H17Cl2N3O3/c1-24-16-11(8-12(17)9-15(16)18)10-19-6-7-20-13-2-4-14(5-3-13)21(22)23/h2-5,8-9,19-20H,6-7,10H2,1H3. The number of nitro benzene ring substituents is 1. The molecule has 0 spiro atoms. The molecule has 0 aromatic heterocycles. The molecule has 2 rings (SSSR count).